The topological polar surface area (TPSA) is 108 Å². The van der Waals surface area contributed by atoms with Gasteiger partial charge in [0.25, 0.3) is 0 Å². The minimum absolute atomic E-state index is 0.0158. The summed E-state index contributed by atoms with van der Waals surface area (Å²) in [6, 6.07) is 0. The van der Waals surface area contributed by atoms with E-state index >= 15 is 0 Å². The van der Waals surface area contributed by atoms with Gasteiger partial charge in [-0.3, -0.25) is 18.6 Å². The van der Waals surface area contributed by atoms with Crippen LogP contribution in [0, 0.1) is 0 Å². The predicted molar refractivity (Wildman–Crippen MR) is 242 cm³/mol. The van der Waals surface area contributed by atoms with Gasteiger partial charge in [0.2, 0.25) is 0 Å². The molecule has 0 aliphatic heterocycles. The Bertz CT molecular complexity index is 1220. The van der Waals surface area contributed by atoms with Gasteiger partial charge in [-0.15, -0.1) is 0 Å². The molecule has 0 fully saturated rings. The molecular weight excluding hydrogens is 750 g/mol. The number of carbonyl (C=O) groups is 2. The summed E-state index contributed by atoms with van der Waals surface area (Å²) in [6.07, 6.45) is 49.6. The van der Waals surface area contributed by atoms with Gasteiger partial charge in [0.15, 0.2) is 6.10 Å². The quantitative estimate of drug-likeness (QED) is 0.0214. The Morgan fingerprint density at radius 3 is 1.43 bits per heavy atom. The molecule has 0 radical (unpaired) electrons. The smallest absolute Gasteiger partial charge is 0.462 e. The van der Waals surface area contributed by atoms with Crippen LogP contribution in [0.4, 0.5) is 0 Å². The van der Waals surface area contributed by atoms with Crippen molar-refractivity contribution in [2.45, 2.75) is 174 Å². The number of quaternary nitrogens is 1. The van der Waals surface area contributed by atoms with Crippen molar-refractivity contribution in [1.82, 2.24) is 0 Å². The first-order valence-electron chi connectivity index (χ1n) is 22.7. The Morgan fingerprint density at radius 2 is 0.983 bits per heavy atom. The Balaban J connectivity index is 4.48. The van der Waals surface area contributed by atoms with Gasteiger partial charge in [0.05, 0.1) is 27.7 Å². The molecule has 0 amide bonds. The number of esters is 2. The highest BCUT2D eigenvalue weighted by Gasteiger charge is 2.27. The van der Waals surface area contributed by atoms with Crippen molar-refractivity contribution in [2.24, 2.45) is 0 Å². The number of unbranched alkanes of at least 4 members (excludes halogenated alkanes) is 14. The van der Waals surface area contributed by atoms with Crippen molar-refractivity contribution in [1.29, 1.82) is 0 Å². The lowest BCUT2D eigenvalue weighted by atomic mass is 10.0. The first kappa shape index (κ1) is 55.5. The molecule has 0 heterocycles. The lowest BCUT2D eigenvalue weighted by Gasteiger charge is -2.24. The second kappa shape index (κ2) is 39.9. The summed E-state index contributed by atoms with van der Waals surface area (Å²) < 4.78 is 34.2. The maximum Gasteiger partial charge on any atom is 0.472 e. The number of nitrogens with zero attached hydrogens (tertiary/aromatic N) is 1. The van der Waals surface area contributed by atoms with Crippen molar-refractivity contribution in [2.75, 3.05) is 47.5 Å². The van der Waals surface area contributed by atoms with Gasteiger partial charge < -0.3 is 18.9 Å². The standard InChI is InChI=1S/C48H84NO8P/c1-6-8-10-12-14-16-18-20-22-23-24-25-27-29-31-33-35-37-39-41-48(51)57-46(45-56-58(52,53)55-43-42-49(3,4)5)44-54-47(50)40-38-36-34-32-30-28-26-21-19-17-15-13-11-9-7-2/h8,10,14,16,20,22,24-25,29,31,35,37,46H,6-7,9,11-13,15,17-19,21,23,26-28,30,32-34,36,38-45H2,1-5H3/p+1/t46-/m1/s1. The number of hydrogen-bond donors (Lipinski definition) is 1. The van der Waals surface area contributed by atoms with Gasteiger partial charge in [-0.25, -0.2) is 4.57 Å². The molecule has 0 saturated heterocycles. The SMILES string of the molecule is CCC=CCC=CCC=CCC=CCC=CCC=CCCC(=O)O[C@H](COC(=O)CCCCCCCCCCCCCCCCC)COP(=O)(O)OCC[N+](C)(C)C. The van der Waals surface area contributed by atoms with Crippen LogP contribution >= 0.6 is 7.82 Å². The zero-order chi connectivity index (χ0) is 42.8. The number of phosphoric ester groups is 1. The van der Waals surface area contributed by atoms with Gasteiger partial charge >= 0.3 is 19.8 Å². The molecule has 334 valence electrons. The third-order valence-corrected chi connectivity index (χ3v) is 10.2. The van der Waals surface area contributed by atoms with Crippen LogP contribution in [0.3, 0.4) is 0 Å². The minimum atomic E-state index is -4.40. The second-order valence-corrected chi connectivity index (χ2v) is 17.5. The average molecular weight is 835 g/mol. The minimum Gasteiger partial charge on any atom is -0.462 e. The number of likely N-dealkylation sites (N-methyl/N-ethyl adjacent to an activating group) is 1. The van der Waals surface area contributed by atoms with Crippen LogP contribution in [0.2, 0.25) is 0 Å². The van der Waals surface area contributed by atoms with Gasteiger partial charge in [0, 0.05) is 12.8 Å². The van der Waals surface area contributed by atoms with Crippen LogP contribution in [-0.2, 0) is 32.7 Å². The average Bonchev–Trinajstić information content (AvgIpc) is 3.17. The van der Waals surface area contributed by atoms with Crippen molar-refractivity contribution in [3.8, 4) is 0 Å². The molecule has 0 aromatic rings. The van der Waals surface area contributed by atoms with E-state index in [1.54, 1.807) is 0 Å². The summed E-state index contributed by atoms with van der Waals surface area (Å²) in [6.45, 7) is 4.22. The summed E-state index contributed by atoms with van der Waals surface area (Å²) >= 11 is 0. The fraction of sp³-hybridized carbons (Fsp3) is 0.708. The third-order valence-electron chi connectivity index (χ3n) is 9.26. The Morgan fingerprint density at radius 1 is 0.552 bits per heavy atom. The number of phosphoric acid groups is 1. The van der Waals surface area contributed by atoms with E-state index in [1.165, 1.54) is 77.0 Å². The van der Waals surface area contributed by atoms with Crippen LogP contribution in [0.1, 0.15) is 168 Å². The van der Waals surface area contributed by atoms with E-state index < -0.39 is 26.5 Å². The molecule has 0 aliphatic carbocycles. The van der Waals surface area contributed by atoms with Gasteiger partial charge in [-0.2, -0.15) is 0 Å². The number of ether oxygens (including phenoxy) is 2. The second-order valence-electron chi connectivity index (χ2n) is 16.1. The van der Waals surface area contributed by atoms with E-state index in [-0.39, 0.29) is 32.0 Å². The first-order chi connectivity index (χ1) is 28.0. The fourth-order valence-corrected chi connectivity index (χ4v) is 6.49. The zero-order valence-electron chi connectivity index (χ0n) is 37.5. The molecule has 0 bridgehead atoms. The summed E-state index contributed by atoms with van der Waals surface area (Å²) in [5.74, 6) is -0.898. The molecule has 0 aliphatic rings. The molecule has 0 aromatic carbocycles. The highest BCUT2D eigenvalue weighted by atomic mass is 31.2. The third kappa shape index (κ3) is 43.0. The molecule has 1 unspecified atom stereocenters. The molecule has 0 rings (SSSR count). The molecular formula is C48H85NO8P+. The molecule has 1 N–H and O–H groups in total. The molecule has 58 heavy (non-hydrogen) atoms. The highest BCUT2D eigenvalue weighted by molar-refractivity contribution is 7.47. The first-order valence-corrected chi connectivity index (χ1v) is 24.2. The van der Waals surface area contributed by atoms with Gasteiger partial charge in [-0.05, 0) is 51.4 Å². The van der Waals surface area contributed by atoms with E-state index in [0.29, 0.717) is 17.4 Å². The van der Waals surface area contributed by atoms with Crippen LogP contribution < -0.4 is 0 Å². The summed E-state index contributed by atoms with van der Waals surface area (Å²) in [5, 5.41) is 0. The molecule has 0 saturated carbocycles. The van der Waals surface area contributed by atoms with E-state index in [2.05, 4.69) is 74.6 Å². The molecule has 0 spiro atoms. The van der Waals surface area contributed by atoms with Crippen LogP contribution in [-0.4, -0.2) is 74.9 Å². The number of rotatable bonds is 40. The fourth-order valence-electron chi connectivity index (χ4n) is 5.75. The Hall–Kier alpha value is -2.55. The maximum atomic E-state index is 12.7. The zero-order valence-corrected chi connectivity index (χ0v) is 38.4. The largest absolute Gasteiger partial charge is 0.472 e. The summed E-state index contributed by atoms with van der Waals surface area (Å²) in [5.41, 5.74) is 0. The molecule has 9 nitrogen and oxygen atoms in total. The monoisotopic (exact) mass is 835 g/mol. The molecule has 10 heteroatoms. The van der Waals surface area contributed by atoms with Crippen molar-refractivity contribution >= 4 is 19.8 Å². The normalized spacial score (nSPS) is 14.2. The van der Waals surface area contributed by atoms with Crippen molar-refractivity contribution in [3.63, 3.8) is 0 Å². The summed E-state index contributed by atoms with van der Waals surface area (Å²) in [4.78, 5) is 35.4. The Labute approximate surface area is 355 Å². The lowest BCUT2D eigenvalue weighted by Crippen LogP contribution is -2.37. The highest BCUT2D eigenvalue weighted by Crippen LogP contribution is 2.43. The number of carbonyl (C=O) groups excluding carboxylic acids is 2. The summed E-state index contributed by atoms with van der Waals surface area (Å²) in [7, 11) is 1.42. The van der Waals surface area contributed by atoms with Crippen LogP contribution in [0.15, 0.2) is 72.9 Å². The van der Waals surface area contributed by atoms with E-state index in [0.717, 1.165) is 57.8 Å². The van der Waals surface area contributed by atoms with Gasteiger partial charge in [0.1, 0.15) is 19.8 Å². The molecule has 0 aromatic heterocycles. The van der Waals surface area contributed by atoms with E-state index in [4.69, 9.17) is 18.5 Å². The van der Waals surface area contributed by atoms with Crippen molar-refractivity contribution < 1.29 is 42.1 Å². The lowest BCUT2D eigenvalue weighted by molar-refractivity contribution is -0.870. The van der Waals surface area contributed by atoms with Gasteiger partial charge in [-0.1, -0.05) is 177 Å². The van der Waals surface area contributed by atoms with E-state index in [1.807, 2.05) is 33.3 Å². The van der Waals surface area contributed by atoms with Crippen LogP contribution in [0.5, 0.6) is 0 Å². The van der Waals surface area contributed by atoms with E-state index in [9.17, 15) is 19.0 Å². The van der Waals surface area contributed by atoms with Crippen LogP contribution in [0.25, 0.3) is 0 Å². The number of hydrogen-bond acceptors (Lipinski definition) is 7. The number of allylic oxidation sites excluding steroid dienone is 12. The Kier molecular flexibility index (Phi) is 38.1. The maximum absolute atomic E-state index is 12.7. The van der Waals surface area contributed by atoms with Crippen molar-refractivity contribution in [3.05, 3.63) is 72.9 Å². The molecule has 2 atom stereocenters. The predicted octanol–water partition coefficient (Wildman–Crippen LogP) is 13.0.